The van der Waals surface area contributed by atoms with Crippen LogP contribution in [0, 0.1) is 12.7 Å². The molecule has 2 aromatic rings. The molecule has 0 radical (unpaired) electrons. The van der Waals surface area contributed by atoms with Gasteiger partial charge in [-0.15, -0.1) is 0 Å². The molecule has 3 rings (SSSR count). The number of halogens is 1. The normalized spacial score (nSPS) is 13.9. The molecule has 0 bridgehead atoms. The van der Waals surface area contributed by atoms with Crippen LogP contribution >= 0.6 is 0 Å². The van der Waals surface area contributed by atoms with Gasteiger partial charge in [-0.3, -0.25) is 4.79 Å². The van der Waals surface area contributed by atoms with Crippen molar-refractivity contribution in [1.82, 2.24) is 4.90 Å². The second kappa shape index (κ2) is 6.30. The Bertz CT molecular complexity index is 661. The molecule has 22 heavy (non-hydrogen) atoms. The van der Waals surface area contributed by atoms with E-state index < -0.39 is 0 Å². The SMILES string of the molecule is Cc1ccc(CC(=O)N(Cc2ccccc2F)C2CC2)cc1. The van der Waals surface area contributed by atoms with Crippen LogP contribution in [0.15, 0.2) is 48.5 Å². The fraction of sp³-hybridized carbons (Fsp3) is 0.316. The average Bonchev–Trinajstić information content (AvgIpc) is 3.33. The fourth-order valence-electron chi connectivity index (χ4n) is 2.60. The van der Waals surface area contributed by atoms with Gasteiger partial charge in [-0.2, -0.15) is 0 Å². The third-order valence-corrected chi connectivity index (χ3v) is 4.08. The number of aryl methyl sites for hydroxylation is 1. The number of hydrogen-bond donors (Lipinski definition) is 0. The summed E-state index contributed by atoms with van der Waals surface area (Å²) in [6.07, 6.45) is 2.42. The molecule has 0 unspecified atom stereocenters. The van der Waals surface area contributed by atoms with Crippen LogP contribution in [0.25, 0.3) is 0 Å². The van der Waals surface area contributed by atoms with Gasteiger partial charge in [-0.25, -0.2) is 4.39 Å². The molecule has 1 aliphatic carbocycles. The van der Waals surface area contributed by atoms with E-state index in [2.05, 4.69) is 0 Å². The first-order valence-electron chi connectivity index (χ1n) is 7.72. The third kappa shape index (κ3) is 3.53. The number of benzene rings is 2. The topological polar surface area (TPSA) is 20.3 Å². The Morgan fingerprint density at radius 1 is 1.14 bits per heavy atom. The molecule has 1 fully saturated rings. The van der Waals surface area contributed by atoms with Gasteiger partial charge in [0.05, 0.1) is 6.42 Å². The van der Waals surface area contributed by atoms with E-state index in [1.165, 1.54) is 11.6 Å². The minimum atomic E-state index is -0.240. The first-order chi connectivity index (χ1) is 10.6. The zero-order valence-corrected chi connectivity index (χ0v) is 12.8. The van der Waals surface area contributed by atoms with Crippen LogP contribution in [0.2, 0.25) is 0 Å². The molecule has 0 aliphatic heterocycles. The summed E-state index contributed by atoms with van der Waals surface area (Å²) in [4.78, 5) is 14.4. The first kappa shape index (κ1) is 14.8. The Hall–Kier alpha value is -2.16. The summed E-state index contributed by atoms with van der Waals surface area (Å²) in [5, 5.41) is 0. The maximum atomic E-state index is 13.8. The molecule has 0 spiro atoms. The first-order valence-corrected chi connectivity index (χ1v) is 7.72. The number of carbonyl (C=O) groups is 1. The van der Waals surface area contributed by atoms with Gasteiger partial charge in [0.1, 0.15) is 5.82 Å². The molecule has 0 N–H and O–H groups in total. The third-order valence-electron chi connectivity index (χ3n) is 4.08. The van der Waals surface area contributed by atoms with E-state index in [-0.39, 0.29) is 17.8 Å². The maximum Gasteiger partial charge on any atom is 0.227 e. The average molecular weight is 297 g/mol. The highest BCUT2D eigenvalue weighted by Crippen LogP contribution is 2.29. The lowest BCUT2D eigenvalue weighted by atomic mass is 10.1. The summed E-state index contributed by atoms with van der Waals surface area (Å²) in [5.41, 5.74) is 2.78. The smallest absolute Gasteiger partial charge is 0.227 e. The van der Waals surface area contributed by atoms with Gasteiger partial charge < -0.3 is 4.90 Å². The van der Waals surface area contributed by atoms with E-state index >= 15 is 0 Å². The second-order valence-corrected chi connectivity index (χ2v) is 6.01. The van der Waals surface area contributed by atoms with Crippen LogP contribution in [-0.2, 0) is 17.8 Å². The van der Waals surface area contributed by atoms with Gasteiger partial charge in [0.25, 0.3) is 0 Å². The Labute approximate surface area is 130 Å². The Kier molecular flexibility index (Phi) is 4.23. The highest BCUT2D eigenvalue weighted by Gasteiger charge is 2.32. The molecular weight excluding hydrogens is 277 g/mol. The lowest BCUT2D eigenvalue weighted by molar-refractivity contribution is -0.131. The van der Waals surface area contributed by atoms with Crippen molar-refractivity contribution < 1.29 is 9.18 Å². The molecule has 3 heteroatoms. The molecule has 114 valence electrons. The summed E-state index contributed by atoms with van der Waals surface area (Å²) in [5.74, 6) is -0.161. The molecule has 0 saturated heterocycles. The lowest BCUT2D eigenvalue weighted by Crippen LogP contribution is -2.34. The van der Waals surface area contributed by atoms with Crippen molar-refractivity contribution in [2.75, 3.05) is 0 Å². The maximum absolute atomic E-state index is 13.8. The summed E-state index contributed by atoms with van der Waals surface area (Å²) in [7, 11) is 0. The van der Waals surface area contributed by atoms with Gasteiger partial charge in [0.2, 0.25) is 5.91 Å². The van der Waals surface area contributed by atoms with Gasteiger partial charge in [0.15, 0.2) is 0 Å². The van der Waals surface area contributed by atoms with Crippen LogP contribution in [-0.4, -0.2) is 16.8 Å². The van der Waals surface area contributed by atoms with E-state index in [4.69, 9.17) is 0 Å². The molecule has 2 nitrogen and oxygen atoms in total. The van der Waals surface area contributed by atoms with E-state index in [0.29, 0.717) is 18.5 Å². The zero-order chi connectivity index (χ0) is 15.5. The highest BCUT2D eigenvalue weighted by molar-refractivity contribution is 5.79. The van der Waals surface area contributed by atoms with Crippen molar-refractivity contribution in [1.29, 1.82) is 0 Å². The molecule has 0 heterocycles. The minimum Gasteiger partial charge on any atom is -0.335 e. The van der Waals surface area contributed by atoms with E-state index in [9.17, 15) is 9.18 Å². The number of carbonyl (C=O) groups excluding carboxylic acids is 1. The fourth-order valence-corrected chi connectivity index (χ4v) is 2.60. The standard InChI is InChI=1S/C19H20FNO/c1-14-6-8-15(9-7-14)12-19(22)21(17-10-11-17)13-16-4-2-3-5-18(16)20/h2-9,17H,10-13H2,1H3. The van der Waals surface area contributed by atoms with Crippen LogP contribution in [0.1, 0.15) is 29.5 Å². The number of hydrogen-bond acceptors (Lipinski definition) is 1. The number of rotatable bonds is 5. The Morgan fingerprint density at radius 3 is 2.45 bits per heavy atom. The molecular formula is C19H20FNO. The molecule has 1 amide bonds. The van der Waals surface area contributed by atoms with Crippen molar-refractivity contribution in [3.8, 4) is 0 Å². The van der Waals surface area contributed by atoms with Crippen LogP contribution in [0.3, 0.4) is 0 Å². The summed E-state index contributed by atoms with van der Waals surface area (Å²) >= 11 is 0. The monoisotopic (exact) mass is 297 g/mol. The molecule has 1 saturated carbocycles. The van der Waals surface area contributed by atoms with Gasteiger partial charge in [-0.05, 0) is 31.4 Å². The lowest BCUT2D eigenvalue weighted by Gasteiger charge is -2.23. The minimum absolute atomic E-state index is 0.0783. The van der Waals surface area contributed by atoms with E-state index in [1.54, 1.807) is 12.1 Å². The van der Waals surface area contributed by atoms with Crippen LogP contribution in [0.5, 0.6) is 0 Å². The zero-order valence-electron chi connectivity index (χ0n) is 12.8. The predicted octanol–water partition coefficient (Wildman–Crippen LogP) is 3.87. The van der Waals surface area contributed by atoms with Crippen molar-refractivity contribution >= 4 is 5.91 Å². The largest absolute Gasteiger partial charge is 0.335 e. The highest BCUT2D eigenvalue weighted by atomic mass is 19.1. The van der Waals surface area contributed by atoms with E-state index in [1.807, 2.05) is 42.2 Å². The Balaban J connectivity index is 1.72. The van der Waals surface area contributed by atoms with Crippen LogP contribution in [0.4, 0.5) is 4.39 Å². The number of nitrogens with zero attached hydrogens (tertiary/aromatic N) is 1. The van der Waals surface area contributed by atoms with Crippen molar-refractivity contribution in [3.05, 3.63) is 71.0 Å². The molecule has 2 aromatic carbocycles. The molecule has 0 aromatic heterocycles. The molecule has 1 aliphatic rings. The summed E-state index contributed by atoms with van der Waals surface area (Å²) < 4.78 is 13.8. The van der Waals surface area contributed by atoms with Gasteiger partial charge >= 0.3 is 0 Å². The number of amides is 1. The quantitative estimate of drug-likeness (QED) is 0.820. The second-order valence-electron chi connectivity index (χ2n) is 6.01. The summed E-state index contributed by atoms with van der Waals surface area (Å²) in [6, 6.07) is 15.0. The Morgan fingerprint density at radius 2 is 1.82 bits per heavy atom. The van der Waals surface area contributed by atoms with Gasteiger partial charge in [-0.1, -0.05) is 48.0 Å². The van der Waals surface area contributed by atoms with Crippen molar-refractivity contribution in [3.63, 3.8) is 0 Å². The van der Waals surface area contributed by atoms with Crippen molar-refractivity contribution in [2.45, 2.75) is 38.8 Å². The van der Waals surface area contributed by atoms with Crippen molar-refractivity contribution in [2.24, 2.45) is 0 Å². The summed E-state index contributed by atoms with van der Waals surface area (Å²) in [6.45, 7) is 2.39. The van der Waals surface area contributed by atoms with Gasteiger partial charge in [0, 0.05) is 18.2 Å². The van der Waals surface area contributed by atoms with Crippen LogP contribution < -0.4 is 0 Å². The predicted molar refractivity (Wildman–Crippen MR) is 84.9 cm³/mol. The molecule has 0 atom stereocenters. The van der Waals surface area contributed by atoms with E-state index in [0.717, 1.165) is 18.4 Å².